The number of likely N-dealkylation sites (tertiary alicyclic amines) is 1. The molecule has 1 aromatic rings. The van der Waals surface area contributed by atoms with Crippen LogP contribution in [0, 0.1) is 0 Å². The first-order chi connectivity index (χ1) is 7.61. The summed E-state index contributed by atoms with van der Waals surface area (Å²) in [4.78, 5) is 24.8. The number of carbonyl (C=O) groups is 2. The van der Waals surface area contributed by atoms with E-state index in [0.29, 0.717) is 22.9 Å². The van der Waals surface area contributed by atoms with Crippen molar-refractivity contribution in [3.63, 3.8) is 0 Å². The number of thiophene rings is 1. The van der Waals surface area contributed by atoms with E-state index in [1.54, 1.807) is 11.4 Å². The molecule has 1 amide bonds. The fraction of sp³-hybridized carbons (Fsp3) is 0.400. The molecule has 16 heavy (non-hydrogen) atoms. The van der Waals surface area contributed by atoms with Crippen LogP contribution >= 0.6 is 22.9 Å². The summed E-state index contributed by atoms with van der Waals surface area (Å²) in [6, 6.07) is 0.941. The molecule has 0 spiro atoms. The van der Waals surface area contributed by atoms with Gasteiger partial charge in [-0.2, -0.15) is 0 Å². The molecule has 86 valence electrons. The number of halogens is 1. The molecule has 1 aromatic heterocycles. The lowest BCUT2D eigenvalue weighted by molar-refractivity contribution is -0.141. The monoisotopic (exact) mass is 259 g/mol. The van der Waals surface area contributed by atoms with Gasteiger partial charge in [0.2, 0.25) is 0 Å². The molecule has 6 heteroatoms. The first-order valence-electron chi connectivity index (χ1n) is 4.88. The molecule has 1 saturated heterocycles. The maximum atomic E-state index is 12.0. The summed E-state index contributed by atoms with van der Waals surface area (Å²) in [5.41, 5.74) is 0. The molecule has 2 rings (SSSR count). The smallest absolute Gasteiger partial charge is 0.326 e. The van der Waals surface area contributed by atoms with Gasteiger partial charge in [-0.15, -0.1) is 11.3 Å². The van der Waals surface area contributed by atoms with Crippen molar-refractivity contribution < 1.29 is 14.7 Å². The zero-order valence-corrected chi connectivity index (χ0v) is 9.92. The predicted octanol–water partition coefficient (Wildman–Crippen LogP) is 2.09. The lowest BCUT2D eigenvalue weighted by Gasteiger charge is -2.20. The largest absolute Gasteiger partial charge is 0.480 e. The van der Waals surface area contributed by atoms with Gasteiger partial charge >= 0.3 is 5.97 Å². The molecule has 0 aromatic carbocycles. The zero-order chi connectivity index (χ0) is 11.7. The predicted molar refractivity (Wildman–Crippen MR) is 61.0 cm³/mol. The molecular formula is C10H10ClNO3S. The summed E-state index contributed by atoms with van der Waals surface area (Å²) in [6.07, 6.45) is 1.25. The summed E-state index contributed by atoms with van der Waals surface area (Å²) in [6.45, 7) is 0.490. The highest BCUT2D eigenvalue weighted by Gasteiger charge is 2.35. The van der Waals surface area contributed by atoms with E-state index >= 15 is 0 Å². The van der Waals surface area contributed by atoms with Crippen molar-refractivity contribution in [2.24, 2.45) is 0 Å². The molecule has 0 saturated carbocycles. The number of amides is 1. The zero-order valence-electron chi connectivity index (χ0n) is 8.35. The maximum absolute atomic E-state index is 12.0. The molecule has 0 radical (unpaired) electrons. The van der Waals surface area contributed by atoms with Gasteiger partial charge in [0, 0.05) is 6.54 Å². The van der Waals surface area contributed by atoms with Crippen LogP contribution in [0.2, 0.25) is 5.02 Å². The Hall–Kier alpha value is -1.07. The molecule has 0 unspecified atom stereocenters. The highest BCUT2D eigenvalue weighted by Crippen LogP contribution is 2.27. The Morgan fingerprint density at radius 1 is 1.56 bits per heavy atom. The van der Waals surface area contributed by atoms with Gasteiger partial charge < -0.3 is 10.0 Å². The Labute approximate surface area is 101 Å². The fourth-order valence-corrected chi connectivity index (χ4v) is 2.93. The van der Waals surface area contributed by atoms with E-state index in [1.807, 2.05) is 0 Å². The van der Waals surface area contributed by atoms with Crippen LogP contribution < -0.4 is 0 Å². The van der Waals surface area contributed by atoms with E-state index in [4.69, 9.17) is 16.7 Å². The van der Waals surface area contributed by atoms with Crippen LogP contribution in [0.4, 0.5) is 0 Å². The number of carbonyl (C=O) groups excluding carboxylic acids is 1. The van der Waals surface area contributed by atoms with Gasteiger partial charge in [0.1, 0.15) is 10.9 Å². The molecule has 0 aliphatic carbocycles. The number of carboxylic acid groups (broad SMARTS) is 1. The third-order valence-electron chi connectivity index (χ3n) is 2.61. The highest BCUT2D eigenvalue weighted by atomic mass is 35.5. The SMILES string of the molecule is O=C(O)[C@@H]1CCCN1C(=O)c1sccc1Cl. The van der Waals surface area contributed by atoms with E-state index in [0.717, 1.165) is 6.42 Å². The van der Waals surface area contributed by atoms with Crippen LogP contribution in [0.25, 0.3) is 0 Å². The molecule has 1 atom stereocenters. The van der Waals surface area contributed by atoms with Crippen molar-refractivity contribution >= 4 is 34.8 Å². The summed E-state index contributed by atoms with van der Waals surface area (Å²) in [7, 11) is 0. The second-order valence-corrected chi connectivity index (χ2v) is 4.92. The average molecular weight is 260 g/mol. The summed E-state index contributed by atoms with van der Waals surface area (Å²) < 4.78 is 0. The van der Waals surface area contributed by atoms with Gasteiger partial charge in [-0.05, 0) is 24.3 Å². The van der Waals surface area contributed by atoms with Crippen LogP contribution in [0.3, 0.4) is 0 Å². The van der Waals surface area contributed by atoms with Crippen LogP contribution in [-0.2, 0) is 4.79 Å². The average Bonchev–Trinajstić information content (AvgIpc) is 2.84. The van der Waals surface area contributed by atoms with Gasteiger partial charge in [0.15, 0.2) is 0 Å². The Bertz CT molecular complexity index is 431. The van der Waals surface area contributed by atoms with E-state index in [-0.39, 0.29) is 5.91 Å². The summed E-state index contributed by atoms with van der Waals surface area (Å²) in [5.74, 6) is -1.22. The quantitative estimate of drug-likeness (QED) is 0.885. The molecular weight excluding hydrogens is 250 g/mol. The Balaban J connectivity index is 2.22. The number of rotatable bonds is 2. The van der Waals surface area contributed by atoms with E-state index < -0.39 is 12.0 Å². The lowest BCUT2D eigenvalue weighted by Crippen LogP contribution is -2.40. The van der Waals surface area contributed by atoms with Crippen LogP contribution in [-0.4, -0.2) is 34.5 Å². The second-order valence-electron chi connectivity index (χ2n) is 3.59. The number of aliphatic carboxylic acids is 1. The maximum Gasteiger partial charge on any atom is 0.326 e. The van der Waals surface area contributed by atoms with Crippen LogP contribution in [0.1, 0.15) is 22.5 Å². The minimum atomic E-state index is -0.946. The molecule has 1 aliphatic rings. The van der Waals surface area contributed by atoms with E-state index in [9.17, 15) is 9.59 Å². The van der Waals surface area contributed by atoms with Gasteiger partial charge in [0.05, 0.1) is 5.02 Å². The van der Waals surface area contributed by atoms with E-state index in [1.165, 1.54) is 16.2 Å². The van der Waals surface area contributed by atoms with Gasteiger partial charge in [0.25, 0.3) is 5.91 Å². The summed E-state index contributed by atoms with van der Waals surface area (Å²) in [5, 5.41) is 11.1. The van der Waals surface area contributed by atoms with Crippen molar-refractivity contribution in [1.29, 1.82) is 0 Å². The topological polar surface area (TPSA) is 57.6 Å². The number of hydrogen-bond donors (Lipinski definition) is 1. The van der Waals surface area contributed by atoms with E-state index in [2.05, 4.69) is 0 Å². The van der Waals surface area contributed by atoms with Gasteiger partial charge in [-0.1, -0.05) is 11.6 Å². The van der Waals surface area contributed by atoms with Crippen LogP contribution in [0.5, 0.6) is 0 Å². The third-order valence-corrected chi connectivity index (χ3v) is 3.94. The molecule has 1 fully saturated rings. The van der Waals surface area contributed by atoms with Crippen molar-refractivity contribution in [1.82, 2.24) is 4.90 Å². The van der Waals surface area contributed by atoms with Crippen molar-refractivity contribution in [3.8, 4) is 0 Å². The Morgan fingerprint density at radius 2 is 2.31 bits per heavy atom. The second kappa shape index (κ2) is 4.43. The van der Waals surface area contributed by atoms with Crippen LogP contribution in [0.15, 0.2) is 11.4 Å². The molecule has 0 bridgehead atoms. The Kier molecular flexibility index (Phi) is 3.16. The minimum Gasteiger partial charge on any atom is -0.480 e. The first kappa shape index (κ1) is 11.4. The first-order valence-corrected chi connectivity index (χ1v) is 6.14. The minimum absolute atomic E-state index is 0.273. The van der Waals surface area contributed by atoms with Crippen molar-refractivity contribution in [3.05, 3.63) is 21.3 Å². The fourth-order valence-electron chi connectivity index (χ4n) is 1.84. The Morgan fingerprint density at radius 3 is 2.88 bits per heavy atom. The van der Waals surface area contributed by atoms with Crippen molar-refractivity contribution in [2.75, 3.05) is 6.54 Å². The van der Waals surface area contributed by atoms with Gasteiger partial charge in [-0.25, -0.2) is 4.79 Å². The van der Waals surface area contributed by atoms with Crippen molar-refractivity contribution in [2.45, 2.75) is 18.9 Å². The van der Waals surface area contributed by atoms with Gasteiger partial charge in [-0.3, -0.25) is 4.79 Å². The standard InChI is InChI=1S/C10H10ClNO3S/c11-6-3-5-16-8(6)9(13)12-4-1-2-7(12)10(14)15/h3,5,7H,1-2,4H2,(H,14,15)/t7-/m0/s1. The molecule has 2 heterocycles. The number of carboxylic acids is 1. The lowest BCUT2D eigenvalue weighted by atomic mass is 10.2. The highest BCUT2D eigenvalue weighted by molar-refractivity contribution is 7.12. The normalized spacial score (nSPS) is 20.1. The number of nitrogens with zero attached hydrogens (tertiary/aromatic N) is 1. The molecule has 4 nitrogen and oxygen atoms in total. The summed E-state index contributed by atoms with van der Waals surface area (Å²) >= 11 is 7.10. The number of hydrogen-bond acceptors (Lipinski definition) is 3. The molecule has 1 N–H and O–H groups in total. The molecule has 1 aliphatic heterocycles. The third kappa shape index (κ3) is 1.92.